The van der Waals surface area contributed by atoms with E-state index in [4.69, 9.17) is 9.72 Å². The number of hydrogen-bond donors (Lipinski definition) is 1. The van der Waals surface area contributed by atoms with Crippen LogP contribution in [0.15, 0.2) is 53.3 Å². The summed E-state index contributed by atoms with van der Waals surface area (Å²) in [5.41, 5.74) is 3.10. The number of benzene rings is 2. The van der Waals surface area contributed by atoms with Crippen molar-refractivity contribution in [2.24, 2.45) is 0 Å². The van der Waals surface area contributed by atoms with Gasteiger partial charge in [-0.1, -0.05) is 47.2 Å². The maximum Gasteiger partial charge on any atom is 0.281 e. The molecule has 1 aliphatic rings. The molecule has 9 heteroatoms. The Balaban J connectivity index is 1.42. The molecule has 2 aromatic heterocycles. The van der Waals surface area contributed by atoms with Crippen molar-refractivity contribution in [3.05, 3.63) is 81.4 Å². The largest absolute Gasteiger partial charge is 0.496 e. The maximum absolute atomic E-state index is 13.2. The van der Waals surface area contributed by atoms with Gasteiger partial charge in [0.1, 0.15) is 11.6 Å². The van der Waals surface area contributed by atoms with E-state index in [1.807, 2.05) is 43.3 Å². The summed E-state index contributed by atoms with van der Waals surface area (Å²) in [4.78, 5) is 35.4. The zero-order chi connectivity index (χ0) is 23.7. The Morgan fingerprint density at radius 3 is 2.76 bits per heavy atom. The topological polar surface area (TPSA) is 106 Å². The van der Waals surface area contributed by atoms with Crippen molar-refractivity contribution in [1.29, 1.82) is 0 Å². The summed E-state index contributed by atoms with van der Waals surface area (Å²) in [5.74, 6) is 0.931. The number of fused-ring (bicyclic) bond motifs is 1. The summed E-state index contributed by atoms with van der Waals surface area (Å²) in [7, 11) is 1.56. The Morgan fingerprint density at radius 2 is 1.97 bits per heavy atom. The highest BCUT2D eigenvalue weighted by molar-refractivity contribution is 5.97. The van der Waals surface area contributed by atoms with Crippen LogP contribution in [0.2, 0.25) is 0 Å². The molecule has 0 radical (unpaired) electrons. The lowest BCUT2D eigenvalue weighted by atomic mass is 9.96. The van der Waals surface area contributed by atoms with Crippen LogP contribution in [0, 0.1) is 6.92 Å². The van der Waals surface area contributed by atoms with Crippen molar-refractivity contribution in [3.63, 3.8) is 0 Å². The Kier molecular flexibility index (Phi) is 5.83. The number of aromatic amines is 1. The second-order valence-electron chi connectivity index (χ2n) is 8.65. The first-order chi connectivity index (χ1) is 16.5. The van der Waals surface area contributed by atoms with Gasteiger partial charge in [-0.3, -0.25) is 9.59 Å². The fourth-order valence-corrected chi connectivity index (χ4v) is 4.43. The first-order valence-corrected chi connectivity index (χ1v) is 11.3. The van der Waals surface area contributed by atoms with Crippen LogP contribution in [0.5, 0.6) is 5.75 Å². The van der Waals surface area contributed by atoms with Crippen molar-refractivity contribution in [2.75, 3.05) is 20.2 Å². The number of ether oxygens (including phenoxy) is 1. The third-order valence-electron chi connectivity index (χ3n) is 6.28. The van der Waals surface area contributed by atoms with Crippen LogP contribution in [-0.4, -0.2) is 56.0 Å². The van der Waals surface area contributed by atoms with Crippen LogP contribution in [0.25, 0.3) is 11.2 Å². The van der Waals surface area contributed by atoms with Crippen molar-refractivity contribution in [2.45, 2.75) is 32.2 Å². The fourth-order valence-electron chi connectivity index (χ4n) is 4.43. The summed E-state index contributed by atoms with van der Waals surface area (Å²) < 4.78 is 7.02. The van der Waals surface area contributed by atoms with Crippen molar-refractivity contribution >= 4 is 17.1 Å². The summed E-state index contributed by atoms with van der Waals surface area (Å²) in [6, 6.07) is 15.3. The number of piperidine rings is 1. The Bertz CT molecular complexity index is 1390. The number of aromatic nitrogens is 5. The zero-order valence-corrected chi connectivity index (χ0v) is 19.2. The molecule has 174 valence electrons. The van der Waals surface area contributed by atoms with Gasteiger partial charge in [-0.25, -0.2) is 9.67 Å². The van der Waals surface area contributed by atoms with Gasteiger partial charge in [0.25, 0.3) is 11.5 Å². The Hall–Kier alpha value is -4.01. The van der Waals surface area contributed by atoms with Gasteiger partial charge in [0.05, 0.1) is 19.2 Å². The standard InChI is InChI=1S/C25H26N6O3/c1-16-9-11-17(12-10-16)14-31-23-21(28-29-31)24(32)27-22(26-23)18-6-5-13-30(15-18)25(33)19-7-3-4-8-20(19)34-2/h3-4,7-12,18H,5-6,13-15H2,1-2H3,(H,26,27,32)/t18-/m0/s1. The van der Waals surface area contributed by atoms with E-state index in [-0.39, 0.29) is 22.9 Å². The summed E-state index contributed by atoms with van der Waals surface area (Å²) in [5, 5.41) is 8.22. The number of nitrogens with zero attached hydrogens (tertiary/aromatic N) is 5. The number of H-pyrrole nitrogens is 1. The van der Waals surface area contributed by atoms with Gasteiger partial charge in [0, 0.05) is 19.0 Å². The molecule has 0 aliphatic carbocycles. The molecule has 0 unspecified atom stereocenters. The summed E-state index contributed by atoms with van der Waals surface area (Å²) in [6.07, 6.45) is 1.64. The first-order valence-electron chi connectivity index (χ1n) is 11.3. The minimum absolute atomic E-state index is 0.0864. The Labute approximate surface area is 196 Å². The quantitative estimate of drug-likeness (QED) is 0.493. The average molecular weight is 459 g/mol. The molecular weight excluding hydrogens is 432 g/mol. The first kappa shape index (κ1) is 21.8. The number of amides is 1. The van der Waals surface area contributed by atoms with Crippen LogP contribution in [0.1, 0.15) is 46.1 Å². The molecule has 0 saturated carbocycles. The van der Waals surface area contributed by atoms with E-state index in [1.54, 1.807) is 28.8 Å². The van der Waals surface area contributed by atoms with E-state index >= 15 is 0 Å². The monoisotopic (exact) mass is 458 g/mol. The number of carbonyl (C=O) groups excluding carboxylic acids is 1. The molecule has 1 amide bonds. The third kappa shape index (κ3) is 4.16. The minimum atomic E-state index is -0.316. The van der Waals surface area contributed by atoms with Crippen molar-refractivity contribution in [3.8, 4) is 5.75 Å². The van der Waals surface area contributed by atoms with Gasteiger partial charge < -0.3 is 14.6 Å². The van der Waals surface area contributed by atoms with Crippen LogP contribution >= 0.6 is 0 Å². The lowest BCUT2D eigenvalue weighted by Crippen LogP contribution is -2.40. The summed E-state index contributed by atoms with van der Waals surface area (Å²) in [6.45, 7) is 3.61. The predicted molar refractivity (Wildman–Crippen MR) is 127 cm³/mol. The van der Waals surface area contributed by atoms with Gasteiger partial charge >= 0.3 is 0 Å². The molecule has 34 heavy (non-hydrogen) atoms. The molecule has 3 heterocycles. The highest BCUT2D eigenvalue weighted by Crippen LogP contribution is 2.28. The molecule has 1 N–H and O–H groups in total. The number of para-hydroxylation sites is 1. The molecule has 0 spiro atoms. The van der Waals surface area contributed by atoms with E-state index in [0.717, 1.165) is 18.4 Å². The molecule has 9 nitrogen and oxygen atoms in total. The Morgan fingerprint density at radius 1 is 1.18 bits per heavy atom. The normalized spacial score (nSPS) is 16.1. The number of aryl methyl sites for hydroxylation is 1. The third-order valence-corrected chi connectivity index (χ3v) is 6.28. The van der Waals surface area contributed by atoms with Gasteiger partial charge in [-0.05, 0) is 37.5 Å². The van der Waals surface area contributed by atoms with Gasteiger partial charge in [0.15, 0.2) is 11.2 Å². The molecule has 1 atom stereocenters. The van der Waals surface area contributed by atoms with Crippen LogP contribution in [0.4, 0.5) is 0 Å². The van der Waals surface area contributed by atoms with Gasteiger partial charge in [-0.15, -0.1) is 5.10 Å². The molecular formula is C25H26N6O3. The van der Waals surface area contributed by atoms with E-state index in [9.17, 15) is 9.59 Å². The molecule has 0 bridgehead atoms. The smallest absolute Gasteiger partial charge is 0.281 e. The minimum Gasteiger partial charge on any atom is -0.496 e. The van der Waals surface area contributed by atoms with E-state index in [2.05, 4.69) is 15.3 Å². The predicted octanol–water partition coefficient (Wildman–Crippen LogP) is 2.90. The maximum atomic E-state index is 13.2. The molecule has 1 saturated heterocycles. The molecule has 4 aromatic rings. The van der Waals surface area contributed by atoms with Crippen molar-refractivity contribution < 1.29 is 9.53 Å². The molecule has 1 aliphatic heterocycles. The number of likely N-dealkylation sites (tertiary alicyclic amines) is 1. The zero-order valence-electron chi connectivity index (χ0n) is 19.2. The number of nitrogens with one attached hydrogen (secondary N) is 1. The van der Waals surface area contributed by atoms with Crippen LogP contribution < -0.4 is 10.3 Å². The van der Waals surface area contributed by atoms with Crippen molar-refractivity contribution in [1.82, 2.24) is 29.9 Å². The number of carbonyl (C=O) groups is 1. The van der Waals surface area contributed by atoms with Gasteiger partial charge in [0.2, 0.25) is 0 Å². The highest BCUT2D eigenvalue weighted by Gasteiger charge is 2.29. The second kappa shape index (κ2) is 9.09. The number of hydrogen-bond acceptors (Lipinski definition) is 6. The van der Waals surface area contributed by atoms with E-state index in [0.29, 0.717) is 42.4 Å². The molecule has 2 aromatic carbocycles. The summed E-state index contributed by atoms with van der Waals surface area (Å²) >= 11 is 0. The SMILES string of the molecule is COc1ccccc1C(=O)N1CCC[C@H](c2nc3c(nnn3Cc3ccc(C)cc3)c(=O)[nH]2)C1. The fraction of sp³-hybridized carbons (Fsp3) is 0.320. The highest BCUT2D eigenvalue weighted by atomic mass is 16.5. The van der Waals surface area contributed by atoms with E-state index < -0.39 is 0 Å². The molecule has 1 fully saturated rings. The lowest BCUT2D eigenvalue weighted by Gasteiger charge is -2.32. The molecule has 5 rings (SSSR count). The van der Waals surface area contributed by atoms with Crippen LogP contribution in [-0.2, 0) is 6.54 Å². The number of methoxy groups -OCH3 is 1. The van der Waals surface area contributed by atoms with Crippen LogP contribution in [0.3, 0.4) is 0 Å². The average Bonchev–Trinajstić information content (AvgIpc) is 3.28. The number of rotatable bonds is 5. The van der Waals surface area contributed by atoms with Gasteiger partial charge in [-0.2, -0.15) is 0 Å². The lowest BCUT2D eigenvalue weighted by molar-refractivity contribution is 0.0701. The second-order valence-corrected chi connectivity index (χ2v) is 8.65. The van der Waals surface area contributed by atoms with E-state index in [1.165, 1.54) is 5.56 Å².